The Hall–Kier alpha value is -2.57. The molecule has 2 aromatic heterocycles. The van der Waals surface area contributed by atoms with Crippen LogP contribution in [0.25, 0.3) is 0 Å². The van der Waals surface area contributed by atoms with Gasteiger partial charge in [-0.25, -0.2) is 4.68 Å². The molecular formula is C17H14Cl2N4O2. The molecule has 3 aromatic rings. The van der Waals surface area contributed by atoms with Crippen molar-refractivity contribution in [1.82, 2.24) is 20.1 Å². The van der Waals surface area contributed by atoms with Crippen molar-refractivity contribution in [2.45, 2.75) is 13.3 Å². The number of benzene rings is 1. The van der Waals surface area contributed by atoms with Crippen LogP contribution in [0.4, 0.5) is 0 Å². The quantitative estimate of drug-likeness (QED) is 0.713. The molecule has 0 aliphatic carbocycles. The van der Waals surface area contributed by atoms with Crippen molar-refractivity contribution >= 4 is 29.1 Å². The molecule has 0 bridgehead atoms. The SMILES string of the molecule is O=C(NCc1ccccn1)c1ccn(COc2c(Cl)cccc2Cl)n1. The van der Waals surface area contributed by atoms with Gasteiger partial charge in [-0.1, -0.05) is 35.3 Å². The topological polar surface area (TPSA) is 69.0 Å². The second-order valence-corrected chi connectivity index (χ2v) is 5.88. The Balaban J connectivity index is 1.57. The van der Waals surface area contributed by atoms with Crippen LogP contribution in [0.15, 0.2) is 54.9 Å². The molecule has 0 radical (unpaired) electrons. The highest BCUT2D eigenvalue weighted by Crippen LogP contribution is 2.32. The summed E-state index contributed by atoms with van der Waals surface area (Å²) in [5.41, 5.74) is 1.05. The molecule has 1 amide bonds. The number of aromatic nitrogens is 3. The van der Waals surface area contributed by atoms with Crippen LogP contribution < -0.4 is 10.1 Å². The molecule has 1 aromatic carbocycles. The molecule has 8 heteroatoms. The van der Waals surface area contributed by atoms with Gasteiger partial charge in [-0.2, -0.15) is 5.10 Å². The van der Waals surface area contributed by atoms with Crippen LogP contribution in [0.1, 0.15) is 16.2 Å². The van der Waals surface area contributed by atoms with Gasteiger partial charge in [0, 0.05) is 12.4 Å². The van der Waals surface area contributed by atoms with E-state index in [1.54, 1.807) is 36.7 Å². The summed E-state index contributed by atoms with van der Waals surface area (Å²) in [6.45, 7) is 0.412. The molecule has 1 N–H and O–H groups in total. The minimum absolute atomic E-state index is 0.0803. The molecule has 0 saturated heterocycles. The minimum atomic E-state index is -0.292. The summed E-state index contributed by atoms with van der Waals surface area (Å²) in [5.74, 6) is 0.0858. The third-order valence-electron chi connectivity index (χ3n) is 3.29. The van der Waals surface area contributed by atoms with Crippen molar-refractivity contribution in [3.8, 4) is 5.75 Å². The van der Waals surface area contributed by atoms with E-state index in [-0.39, 0.29) is 18.3 Å². The Labute approximate surface area is 154 Å². The van der Waals surface area contributed by atoms with E-state index >= 15 is 0 Å². The molecule has 0 aliphatic rings. The highest BCUT2D eigenvalue weighted by Gasteiger charge is 2.11. The largest absolute Gasteiger partial charge is 0.468 e. The van der Waals surface area contributed by atoms with Gasteiger partial charge in [0.15, 0.2) is 12.5 Å². The molecule has 0 fully saturated rings. The lowest BCUT2D eigenvalue weighted by molar-refractivity contribution is 0.0943. The number of nitrogens with one attached hydrogen (secondary N) is 1. The number of hydrogen-bond donors (Lipinski definition) is 1. The molecule has 0 spiro atoms. The fraction of sp³-hybridized carbons (Fsp3) is 0.118. The fourth-order valence-corrected chi connectivity index (χ4v) is 2.58. The molecule has 0 aliphatic heterocycles. The van der Waals surface area contributed by atoms with E-state index in [4.69, 9.17) is 27.9 Å². The van der Waals surface area contributed by atoms with Crippen LogP contribution in [0, 0.1) is 0 Å². The zero-order chi connectivity index (χ0) is 17.6. The summed E-state index contributed by atoms with van der Waals surface area (Å²) < 4.78 is 7.05. The van der Waals surface area contributed by atoms with Crippen LogP contribution in [0.5, 0.6) is 5.75 Å². The Morgan fingerprint density at radius 2 is 1.92 bits per heavy atom. The minimum Gasteiger partial charge on any atom is -0.468 e. The van der Waals surface area contributed by atoms with Gasteiger partial charge >= 0.3 is 0 Å². The zero-order valence-corrected chi connectivity index (χ0v) is 14.5. The number of amides is 1. The Morgan fingerprint density at radius 1 is 1.12 bits per heavy atom. The Morgan fingerprint density at radius 3 is 2.64 bits per heavy atom. The third kappa shape index (κ3) is 4.49. The predicted octanol–water partition coefficient (Wildman–Crippen LogP) is 3.55. The number of rotatable bonds is 6. The molecular weight excluding hydrogens is 363 g/mol. The standard InChI is InChI=1S/C17H14Cl2N4O2/c18-13-5-3-6-14(19)16(13)25-11-23-9-7-15(22-23)17(24)21-10-12-4-1-2-8-20-12/h1-9H,10-11H2,(H,21,24). The van der Waals surface area contributed by atoms with Gasteiger partial charge in [0.25, 0.3) is 5.91 Å². The van der Waals surface area contributed by atoms with Gasteiger partial charge < -0.3 is 10.1 Å². The lowest BCUT2D eigenvalue weighted by atomic mass is 10.3. The van der Waals surface area contributed by atoms with E-state index in [1.807, 2.05) is 18.2 Å². The van der Waals surface area contributed by atoms with E-state index in [1.165, 1.54) is 4.68 Å². The number of nitrogens with zero attached hydrogens (tertiary/aromatic N) is 3. The van der Waals surface area contributed by atoms with Gasteiger partial charge in [0.1, 0.15) is 5.69 Å². The van der Waals surface area contributed by atoms with Crippen molar-refractivity contribution in [2.24, 2.45) is 0 Å². The molecule has 2 heterocycles. The lowest BCUT2D eigenvalue weighted by Gasteiger charge is -2.09. The first-order chi connectivity index (χ1) is 12.1. The number of carbonyl (C=O) groups is 1. The zero-order valence-electron chi connectivity index (χ0n) is 13.0. The van der Waals surface area contributed by atoms with Gasteiger partial charge in [0.05, 0.1) is 22.3 Å². The van der Waals surface area contributed by atoms with Crippen LogP contribution in [0.3, 0.4) is 0 Å². The van der Waals surface area contributed by atoms with Crippen LogP contribution >= 0.6 is 23.2 Å². The van der Waals surface area contributed by atoms with E-state index in [0.717, 1.165) is 5.69 Å². The van der Waals surface area contributed by atoms with Crippen LogP contribution in [-0.4, -0.2) is 20.7 Å². The van der Waals surface area contributed by atoms with Crippen molar-refractivity contribution in [2.75, 3.05) is 0 Å². The van der Waals surface area contributed by atoms with Crippen molar-refractivity contribution < 1.29 is 9.53 Å². The third-order valence-corrected chi connectivity index (χ3v) is 3.88. The maximum absolute atomic E-state index is 12.1. The predicted molar refractivity (Wildman–Crippen MR) is 94.7 cm³/mol. The molecule has 3 rings (SSSR count). The van der Waals surface area contributed by atoms with Gasteiger partial charge in [-0.05, 0) is 30.3 Å². The summed E-state index contributed by atoms with van der Waals surface area (Å²) in [6.07, 6.45) is 3.31. The highest BCUT2D eigenvalue weighted by molar-refractivity contribution is 6.37. The maximum Gasteiger partial charge on any atom is 0.272 e. The monoisotopic (exact) mass is 376 g/mol. The highest BCUT2D eigenvalue weighted by atomic mass is 35.5. The normalized spacial score (nSPS) is 10.5. The number of para-hydroxylation sites is 1. The maximum atomic E-state index is 12.1. The molecule has 0 unspecified atom stereocenters. The van der Waals surface area contributed by atoms with Gasteiger partial charge in [-0.15, -0.1) is 0 Å². The second-order valence-electron chi connectivity index (χ2n) is 5.07. The number of carbonyl (C=O) groups excluding carboxylic acids is 1. The van der Waals surface area contributed by atoms with E-state index < -0.39 is 0 Å². The van der Waals surface area contributed by atoms with Crippen molar-refractivity contribution in [1.29, 1.82) is 0 Å². The second kappa shape index (κ2) is 8.00. The molecule has 25 heavy (non-hydrogen) atoms. The van der Waals surface area contributed by atoms with Crippen molar-refractivity contribution in [3.63, 3.8) is 0 Å². The average Bonchev–Trinajstić information content (AvgIpc) is 3.09. The first-order valence-corrected chi connectivity index (χ1v) is 8.17. The van der Waals surface area contributed by atoms with Crippen LogP contribution in [-0.2, 0) is 13.3 Å². The number of pyridine rings is 1. The summed E-state index contributed by atoms with van der Waals surface area (Å²) in [6, 6.07) is 12.2. The average molecular weight is 377 g/mol. The smallest absolute Gasteiger partial charge is 0.272 e. The van der Waals surface area contributed by atoms with E-state index in [0.29, 0.717) is 22.3 Å². The Bertz CT molecular complexity index is 848. The number of ether oxygens (including phenoxy) is 1. The van der Waals surface area contributed by atoms with Gasteiger partial charge in [-0.3, -0.25) is 9.78 Å². The van der Waals surface area contributed by atoms with E-state index in [9.17, 15) is 4.79 Å². The van der Waals surface area contributed by atoms with Crippen LogP contribution in [0.2, 0.25) is 10.0 Å². The Kier molecular flexibility index (Phi) is 5.53. The van der Waals surface area contributed by atoms with Crippen molar-refractivity contribution in [3.05, 3.63) is 76.3 Å². The summed E-state index contributed by atoms with van der Waals surface area (Å²) in [4.78, 5) is 16.3. The summed E-state index contributed by atoms with van der Waals surface area (Å²) in [5, 5.41) is 7.75. The first-order valence-electron chi connectivity index (χ1n) is 7.42. The lowest BCUT2D eigenvalue weighted by Crippen LogP contribution is -2.24. The summed E-state index contributed by atoms with van der Waals surface area (Å²) >= 11 is 12.1. The molecule has 0 atom stereocenters. The molecule has 6 nitrogen and oxygen atoms in total. The molecule has 128 valence electrons. The summed E-state index contributed by atoms with van der Waals surface area (Å²) in [7, 11) is 0. The molecule has 0 saturated carbocycles. The first kappa shape index (κ1) is 17.3. The number of halogens is 2. The number of hydrogen-bond acceptors (Lipinski definition) is 4. The van der Waals surface area contributed by atoms with E-state index in [2.05, 4.69) is 15.4 Å². The fourth-order valence-electron chi connectivity index (χ4n) is 2.07. The van der Waals surface area contributed by atoms with Gasteiger partial charge in [0.2, 0.25) is 0 Å².